The SMILES string of the molecule is COCCOCCCCNC(=O)c1ccc(Br)c(C)c1. The molecule has 0 bridgehead atoms. The van der Waals surface area contributed by atoms with Crippen molar-refractivity contribution in [2.45, 2.75) is 19.8 Å². The quantitative estimate of drug-likeness (QED) is 0.701. The minimum absolute atomic E-state index is 0.0269. The van der Waals surface area contributed by atoms with Crippen LogP contribution in [-0.4, -0.2) is 39.4 Å². The van der Waals surface area contributed by atoms with E-state index in [0.717, 1.165) is 22.9 Å². The van der Waals surface area contributed by atoms with Crippen LogP contribution in [0.2, 0.25) is 0 Å². The average molecular weight is 344 g/mol. The van der Waals surface area contributed by atoms with Crippen LogP contribution in [0.15, 0.2) is 22.7 Å². The third kappa shape index (κ3) is 6.50. The molecule has 1 amide bonds. The van der Waals surface area contributed by atoms with E-state index in [0.29, 0.717) is 31.9 Å². The second-order valence-corrected chi connectivity index (χ2v) is 5.39. The minimum Gasteiger partial charge on any atom is -0.382 e. The number of hydrogen-bond donors (Lipinski definition) is 1. The van der Waals surface area contributed by atoms with Crippen molar-refractivity contribution in [2.24, 2.45) is 0 Å². The number of halogens is 1. The van der Waals surface area contributed by atoms with E-state index in [2.05, 4.69) is 21.2 Å². The van der Waals surface area contributed by atoms with E-state index in [-0.39, 0.29) is 5.91 Å². The summed E-state index contributed by atoms with van der Waals surface area (Å²) in [5, 5.41) is 2.91. The molecule has 0 spiro atoms. The van der Waals surface area contributed by atoms with Gasteiger partial charge in [-0.25, -0.2) is 0 Å². The first-order chi connectivity index (χ1) is 9.65. The van der Waals surface area contributed by atoms with Crippen LogP contribution in [-0.2, 0) is 9.47 Å². The van der Waals surface area contributed by atoms with Crippen LogP contribution in [0.1, 0.15) is 28.8 Å². The third-order valence-electron chi connectivity index (χ3n) is 2.85. The lowest BCUT2D eigenvalue weighted by atomic mass is 10.1. The van der Waals surface area contributed by atoms with Crippen molar-refractivity contribution in [3.63, 3.8) is 0 Å². The lowest BCUT2D eigenvalue weighted by molar-refractivity contribution is 0.0686. The number of benzene rings is 1. The summed E-state index contributed by atoms with van der Waals surface area (Å²) < 4.78 is 11.3. The molecule has 1 N–H and O–H groups in total. The first-order valence-electron chi connectivity index (χ1n) is 6.76. The number of rotatable bonds is 9. The summed E-state index contributed by atoms with van der Waals surface area (Å²) in [5.41, 5.74) is 1.76. The topological polar surface area (TPSA) is 47.6 Å². The van der Waals surface area contributed by atoms with Crippen LogP contribution in [0.25, 0.3) is 0 Å². The Labute approximate surface area is 129 Å². The molecule has 5 heteroatoms. The Balaban J connectivity index is 2.15. The standard InChI is InChI=1S/C15H22BrNO3/c1-12-11-13(5-6-14(12)16)15(18)17-7-3-4-8-20-10-9-19-2/h5-6,11H,3-4,7-10H2,1-2H3,(H,17,18). The Morgan fingerprint density at radius 3 is 2.75 bits per heavy atom. The zero-order valence-corrected chi connectivity index (χ0v) is 13.7. The number of aryl methyl sites for hydroxylation is 1. The molecule has 0 saturated carbocycles. The van der Waals surface area contributed by atoms with E-state index in [4.69, 9.17) is 9.47 Å². The Bertz CT molecular complexity index is 424. The Kier molecular flexibility index (Phi) is 8.49. The van der Waals surface area contributed by atoms with Crippen LogP contribution in [0, 0.1) is 6.92 Å². The van der Waals surface area contributed by atoms with Crippen LogP contribution < -0.4 is 5.32 Å². The zero-order chi connectivity index (χ0) is 14.8. The monoisotopic (exact) mass is 343 g/mol. The van der Waals surface area contributed by atoms with Crippen molar-refractivity contribution in [2.75, 3.05) is 33.5 Å². The molecule has 1 rings (SSSR count). The Morgan fingerprint density at radius 1 is 1.25 bits per heavy atom. The molecule has 0 aliphatic heterocycles. The van der Waals surface area contributed by atoms with Gasteiger partial charge in [-0.05, 0) is 43.5 Å². The largest absolute Gasteiger partial charge is 0.382 e. The van der Waals surface area contributed by atoms with Crippen molar-refractivity contribution in [3.8, 4) is 0 Å². The maximum absolute atomic E-state index is 11.9. The number of amides is 1. The molecular weight excluding hydrogens is 322 g/mol. The van der Waals surface area contributed by atoms with Gasteiger partial charge in [0.1, 0.15) is 0 Å². The number of carbonyl (C=O) groups excluding carboxylic acids is 1. The molecule has 0 radical (unpaired) electrons. The Morgan fingerprint density at radius 2 is 2.05 bits per heavy atom. The summed E-state index contributed by atoms with van der Waals surface area (Å²) in [7, 11) is 1.66. The highest BCUT2D eigenvalue weighted by molar-refractivity contribution is 9.10. The van der Waals surface area contributed by atoms with Crippen molar-refractivity contribution in [3.05, 3.63) is 33.8 Å². The number of methoxy groups -OCH3 is 1. The number of hydrogen-bond acceptors (Lipinski definition) is 3. The molecule has 0 aromatic heterocycles. The highest BCUT2D eigenvalue weighted by Gasteiger charge is 2.05. The molecule has 1 aromatic rings. The maximum atomic E-state index is 11.9. The van der Waals surface area contributed by atoms with E-state index in [1.807, 2.05) is 25.1 Å². The van der Waals surface area contributed by atoms with Gasteiger partial charge in [-0.15, -0.1) is 0 Å². The van der Waals surface area contributed by atoms with Gasteiger partial charge < -0.3 is 14.8 Å². The molecule has 0 saturated heterocycles. The maximum Gasteiger partial charge on any atom is 0.251 e. The fraction of sp³-hybridized carbons (Fsp3) is 0.533. The molecule has 0 fully saturated rings. The average Bonchev–Trinajstić information content (AvgIpc) is 2.44. The molecule has 4 nitrogen and oxygen atoms in total. The van der Waals surface area contributed by atoms with Gasteiger partial charge in [-0.1, -0.05) is 15.9 Å². The lowest BCUT2D eigenvalue weighted by Gasteiger charge is -2.07. The summed E-state index contributed by atoms with van der Waals surface area (Å²) in [5.74, 6) is -0.0269. The number of nitrogens with one attached hydrogen (secondary N) is 1. The van der Waals surface area contributed by atoms with Crippen molar-refractivity contribution in [1.82, 2.24) is 5.32 Å². The first-order valence-corrected chi connectivity index (χ1v) is 7.55. The minimum atomic E-state index is -0.0269. The zero-order valence-electron chi connectivity index (χ0n) is 12.1. The van der Waals surface area contributed by atoms with Gasteiger partial charge in [-0.3, -0.25) is 4.79 Å². The lowest BCUT2D eigenvalue weighted by Crippen LogP contribution is -2.24. The smallest absolute Gasteiger partial charge is 0.251 e. The van der Waals surface area contributed by atoms with Gasteiger partial charge in [0.05, 0.1) is 13.2 Å². The van der Waals surface area contributed by atoms with Gasteiger partial charge in [0.15, 0.2) is 0 Å². The fourth-order valence-electron chi connectivity index (χ4n) is 1.66. The van der Waals surface area contributed by atoms with Crippen molar-refractivity contribution in [1.29, 1.82) is 0 Å². The summed E-state index contributed by atoms with van der Waals surface area (Å²) >= 11 is 3.42. The molecule has 0 aliphatic carbocycles. The summed E-state index contributed by atoms with van der Waals surface area (Å²) in [6, 6.07) is 5.60. The third-order valence-corrected chi connectivity index (χ3v) is 3.74. The predicted octanol–water partition coefficient (Wildman–Crippen LogP) is 2.93. The summed E-state index contributed by atoms with van der Waals surface area (Å²) in [6.45, 7) is 4.59. The summed E-state index contributed by atoms with van der Waals surface area (Å²) in [6.07, 6.45) is 1.84. The highest BCUT2D eigenvalue weighted by Crippen LogP contribution is 2.16. The second-order valence-electron chi connectivity index (χ2n) is 4.53. The molecule has 1 aromatic carbocycles. The van der Waals surface area contributed by atoms with Gasteiger partial charge in [0.2, 0.25) is 0 Å². The number of unbranched alkanes of at least 4 members (excludes halogenated alkanes) is 1. The Hall–Kier alpha value is -0.910. The first kappa shape index (κ1) is 17.1. The molecule has 0 heterocycles. The van der Waals surface area contributed by atoms with Gasteiger partial charge in [0.25, 0.3) is 5.91 Å². The molecular formula is C15H22BrNO3. The van der Waals surface area contributed by atoms with Crippen LogP contribution in [0.5, 0.6) is 0 Å². The van der Waals surface area contributed by atoms with Crippen LogP contribution >= 0.6 is 15.9 Å². The van der Waals surface area contributed by atoms with Gasteiger partial charge in [0, 0.05) is 30.3 Å². The van der Waals surface area contributed by atoms with E-state index in [1.165, 1.54) is 0 Å². The van der Waals surface area contributed by atoms with Gasteiger partial charge in [-0.2, -0.15) is 0 Å². The van der Waals surface area contributed by atoms with E-state index in [1.54, 1.807) is 7.11 Å². The predicted molar refractivity (Wildman–Crippen MR) is 83.1 cm³/mol. The van der Waals surface area contributed by atoms with Crippen LogP contribution in [0.3, 0.4) is 0 Å². The molecule has 0 unspecified atom stereocenters. The van der Waals surface area contributed by atoms with Gasteiger partial charge >= 0.3 is 0 Å². The van der Waals surface area contributed by atoms with E-state index in [9.17, 15) is 4.79 Å². The normalized spacial score (nSPS) is 10.6. The van der Waals surface area contributed by atoms with Crippen molar-refractivity contribution >= 4 is 21.8 Å². The van der Waals surface area contributed by atoms with E-state index < -0.39 is 0 Å². The van der Waals surface area contributed by atoms with Crippen LogP contribution in [0.4, 0.5) is 0 Å². The fourth-order valence-corrected chi connectivity index (χ4v) is 1.91. The van der Waals surface area contributed by atoms with Crippen molar-refractivity contribution < 1.29 is 14.3 Å². The number of carbonyl (C=O) groups is 1. The molecule has 20 heavy (non-hydrogen) atoms. The molecule has 0 atom stereocenters. The highest BCUT2D eigenvalue weighted by atomic mass is 79.9. The molecule has 0 aliphatic rings. The van der Waals surface area contributed by atoms with E-state index >= 15 is 0 Å². The summed E-state index contributed by atoms with van der Waals surface area (Å²) in [4.78, 5) is 11.9. The number of ether oxygens (including phenoxy) is 2. The second kappa shape index (κ2) is 9.91. The molecule has 112 valence electrons.